The number of carbonyl (C=O) groups excluding carboxylic acids is 2. The summed E-state index contributed by atoms with van der Waals surface area (Å²) in [5.74, 6) is -0.374. The summed E-state index contributed by atoms with van der Waals surface area (Å²) in [6.07, 6.45) is 1.02. The Morgan fingerprint density at radius 1 is 1.57 bits per heavy atom. The van der Waals surface area contributed by atoms with Crippen LogP contribution in [0.1, 0.15) is 13.3 Å². The maximum atomic E-state index is 10.9. The average molecular weight is 201 g/mol. The van der Waals surface area contributed by atoms with Gasteiger partial charge in [0.2, 0.25) is 0 Å². The van der Waals surface area contributed by atoms with Gasteiger partial charge < -0.3 is 14.8 Å². The fourth-order valence-corrected chi connectivity index (χ4v) is 0.762. The molecule has 1 amide bonds. The van der Waals surface area contributed by atoms with Gasteiger partial charge in [-0.1, -0.05) is 12.7 Å². The first kappa shape index (κ1) is 12.5. The van der Waals surface area contributed by atoms with Crippen molar-refractivity contribution in [2.75, 3.05) is 13.7 Å². The van der Waals surface area contributed by atoms with Gasteiger partial charge in [-0.25, -0.2) is 4.79 Å². The number of esters is 1. The Morgan fingerprint density at radius 3 is 2.71 bits per heavy atom. The quantitative estimate of drug-likeness (QED) is 0.529. The van der Waals surface area contributed by atoms with Gasteiger partial charge in [0.1, 0.15) is 6.61 Å². The second kappa shape index (κ2) is 6.94. The Balaban J connectivity index is 3.70. The molecule has 0 aromatic carbocycles. The minimum Gasteiger partial charge on any atom is -0.469 e. The zero-order valence-electron chi connectivity index (χ0n) is 8.41. The Morgan fingerprint density at radius 2 is 2.21 bits per heavy atom. The molecular formula is C9H15NO4. The van der Waals surface area contributed by atoms with E-state index in [1.807, 2.05) is 0 Å². The molecule has 1 atom stereocenters. The molecular weight excluding hydrogens is 186 g/mol. The van der Waals surface area contributed by atoms with E-state index < -0.39 is 6.09 Å². The SMILES string of the molecule is C=CCOC(=O)N[C@H](C)CC(=O)OC. The van der Waals surface area contributed by atoms with Gasteiger partial charge in [-0.2, -0.15) is 0 Å². The zero-order valence-corrected chi connectivity index (χ0v) is 8.41. The zero-order chi connectivity index (χ0) is 11.0. The molecule has 0 rings (SSSR count). The summed E-state index contributed by atoms with van der Waals surface area (Å²) in [4.78, 5) is 21.7. The molecule has 0 aromatic heterocycles. The van der Waals surface area contributed by atoms with Crippen molar-refractivity contribution >= 4 is 12.1 Å². The largest absolute Gasteiger partial charge is 0.469 e. The molecule has 0 radical (unpaired) electrons. The second-order valence-electron chi connectivity index (χ2n) is 2.71. The minimum atomic E-state index is -0.568. The number of hydrogen-bond acceptors (Lipinski definition) is 4. The lowest BCUT2D eigenvalue weighted by atomic mass is 10.2. The summed E-state index contributed by atoms with van der Waals surface area (Å²) in [5, 5.41) is 2.47. The maximum Gasteiger partial charge on any atom is 0.407 e. The summed E-state index contributed by atoms with van der Waals surface area (Å²) >= 11 is 0. The first-order chi connectivity index (χ1) is 6.60. The number of carbonyl (C=O) groups is 2. The Kier molecular flexibility index (Phi) is 6.19. The van der Waals surface area contributed by atoms with Crippen LogP contribution in [0.2, 0.25) is 0 Å². The molecule has 0 saturated carbocycles. The van der Waals surface area contributed by atoms with Gasteiger partial charge >= 0.3 is 12.1 Å². The summed E-state index contributed by atoms with van der Waals surface area (Å²) in [6, 6.07) is -0.306. The summed E-state index contributed by atoms with van der Waals surface area (Å²) in [6.45, 7) is 5.23. The molecule has 0 saturated heterocycles. The molecule has 14 heavy (non-hydrogen) atoms. The lowest BCUT2D eigenvalue weighted by Gasteiger charge is -2.11. The Bertz CT molecular complexity index is 215. The van der Waals surface area contributed by atoms with Crippen LogP contribution in [0.3, 0.4) is 0 Å². The third-order valence-electron chi connectivity index (χ3n) is 1.40. The second-order valence-corrected chi connectivity index (χ2v) is 2.71. The first-order valence-electron chi connectivity index (χ1n) is 4.21. The highest BCUT2D eigenvalue weighted by atomic mass is 16.5. The number of amides is 1. The Hall–Kier alpha value is -1.52. The van der Waals surface area contributed by atoms with Crippen molar-refractivity contribution in [3.63, 3.8) is 0 Å². The van der Waals surface area contributed by atoms with Crippen LogP contribution in [-0.2, 0) is 14.3 Å². The van der Waals surface area contributed by atoms with Crippen LogP contribution >= 0.6 is 0 Å². The van der Waals surface area contributed by atoms with E-state index >= 15 is 0 Å². The molecule has 0 heterocycles. The van der Waals surface area contributed by atoms with Crippen LogP contribution in [0.25, 0.3) is 0 Å². The summed E-state index contributed by atoms with van der Waals surface area (Å²) < 4.78 is 9.09. The number of nitrogens with one attached hydrogen (secondary N) is 1. The molecule has 1 N–H and O–H groups in total. The first-order valence-corrected chi connectivity index (χ1v) is 4.21. The van der Waals surface area contributed by atoms with Gasteiger partial charge in [0.15, 0.2) is 0 Å². The molecule has 0 spiro atoms. The molecule has 5 heteroatoms. The van der Waals surface area contributed by atoms with Crippen LogP contribution in [0.15, 0.2) is 12.7 Å². The maximum absolute atomic E-state index is 10.9. The van der Waals surface area contributed by atoms with E-state index in [0.29, 0.717) is 0 Å². The average Bonchev–Trinajstić information content (AvgIpc) is 2.14. The van der Waals surface area contributed by atoms with Crippen LogP contribution in [0, 0.1) is 0 Å². The van der Waals surface area contributed by atoms with E-state index in [1.165, 1.54) is 13.2 Å². The third kappa shape index (κ3) is 6.05. The fraction of sp³-hybridized carbons (Fsp3) is 0.556. The van der Waals surface area contributed by atoms with Crippen molar-refractivity contribution in [3.8, 4) is 0 Å². The van der Waals surface area contributed by atoms with Crippen molar-refractivity contribution < 1.29 is 19.1 Å². The van der Waals surface area contributed by atoms with Crippen LogP contribution in [0.4, 0.5) is 4.79 Å². The molecule has 0 aromatic rings. The number of alkyl carbamates (subject to hydrolysis) is 1. The molecule has 0 bridgehead atoms. The molecule has 0 fully saturated rings. The molecule has 80 valence electrons. The van der Waals surface area contributed by atoms with Crippen LogP contribution in [-0.4, -0.2) is 31.8 Å². The molecule has 0 unspecified atom stereocenters. The van der Waals surface area contributed by atoms with Gasteiger partial charge in [-0.15, -0.1) is 0 Å². The minimum absolute atomic E-state index is 0.125. The van der Waals surface area contributed by atoms with Crippen molar-refractivity contribution in [2.24, 2.45) is 0 Å². The normalized spacial score (nSPS) is 11.3. The number of ether oxygens (including phenoxy) is 2. The van der Waals surface area contributed by atoms with E-state index in [9.17, 15) is 9.59 Å². The summed E-state index contributed by atoms with van der Waals surface area (Å²) in [5.41, 5.74) is 0. The van der Waals surface area contributed by atoms with Gasteiger partial charge in [0.05, 0.1) is 13.5 Å². The lowest BCUT2D eigenvalue weighted by Crippen LogP contribution is -2.34. The predicted molar refractivity (Wildman–Crippen MR) is 50.8 cm³/mol. The van der Waals surface area contributed by atoms with Gasteiger partial charge in [-0.05, 0) is 6.92 Å². The number of hydrogen-bond donors (Lipinski definition) is 1. The predicted octanol–water partition coefficient (Wildman–Crippen LogP) is 0.850. The number of rotatable bonds is 5. The van der Waals surface area contributed by atoms with Gasteiger partial charge in [0, 0.05) is 6.04 Å². The summed E-state index contributed by atoms with van der Waals surface area (Å²) in [7, 11) is 1.30. The highest BCUT2D eigenvalue weighted by Crippen LogP contribution is 1.93. The van der Waals surface area contributed by atoms with E-state index in [4.69, 9.17) is 0 Å². The molecule has 0 aliphatic carbocycles. The van der Waals surface area contributed by atoms with Crippen molar-refractivity contribution in [1.29, 1.82) is 0 Å². The van der Waals surface area contributed by atoms with Gasteiger partial charge in [-0.3, -0.25) is 4.79 Å². The van der Waals surface area contributed by atoms with E-state index in [2.05, 4.69) is 21.4 Å². The van der Waals surface area contributed by atoms with E-state index in [1.54, 1.807) is 6.92 Å². The topological polar surface area (TPSA) is 64.6 Å². The Labute approximate surface area is 83.1 Å². The highest BCUT2D eigenvalue weighted by Gasteiger charge is 2.11. The third-order valence-corrected chi connectivity index (χ3v) is 1.40. The monoisotopic (exact) mass is 201 g/mol. The van der Waals surface area contributed by atoms with Crippen molar-refractivity contribution in [2.45, 2.75) is 19.4 Å². The number of methoxy groups -OCH3 is 1. The van der Waals surface area contributed by atoms with Crippen LogP contribution in [0.5, 0.6) is 0 Å². The van der Waals surface area contributed by atoms with Crippen molar-refractivity contribution in [3.05, 3.63) is 12.7 Å². The van der Waals surface area contributed by atoms with Crippen molar-refractivity contribution in [1.82, 2.24) is 5.32 Å². The molecule has 0 aliphatic rings. The smallest absolute Gasteiger partial charge is 0.407 e. The fourth-order valence-electron chi connectivity index (χ4n) is 0.762. The highest BCUT2D eigenvalue weighted by molar-refractivity contribution is 5.72. The molecule has 0 aliphatic heterocycles. The van der Waals surface area contributed by atoms with Gasteiger partial charge in [0.25, 0.3) is 0 Å². The lowest BCUT2D eigenvalue weighted by molar-refractivity contribution is -0.141. The van der Waals surface area contributed by atoms with E-state index in [0.717, 1.165) is 0 Å². The molecule has 5 nitrogen and oxygen atoms in total. The van der Waals surface area contributed by atoms with Crippen LogP contribution < -0.4 is 5.32 Å². The standard InChI is InChI=1S/C9H15NO4/c1-4-5-14-9(12)10-7(2)6-8(11)13-3/h4,7H,1,5-6H2,2-3H3,(H,10,12)/t7-/m1/s1. The van der Waals surface area contributed by atoms with E-state index in [-0.39, 0.29) is 25.0 Å².